The van der Waals surface area contributed by atoms with E-state index in [1.165, 1.54) is 0 Å². The van der Waals surface area contributed by atoms with Gasteiger partial charge in [-0.2, -0.15) is 0 Å². The molecule has 0 aliphatic carbocycles. The van der Waals surface area contributed by atoms with E-state index in [4.69, 9.17) is 4.74 Å². The molecule has 1 fully saturated rings. The van der Waals surface area contributed by atoms with Gasteiger partial charge in [0.15, 0.2) is 0 Å². The van der Waals surface area contributed by atoms with Crippen LogP contribution in [-0.2, 0) is 0 Å². The Kier molecular flexibility index (Phi) is 8.73. The molecule has 0 aromatic heterocycles. The average Bonchev–Trinajstić information content (AvgIpc) is 2.93. The molecule has 0 unspecified atom stereocenters. The number of hydrogen-bond donors (Lipinski definition) is 2. The number of piperazine rings is 1. The molecule has 200 valence electrons. The van der Waals surface area contributed by atoms with E-state index < -0.39 is 0 Å². The first kappa shape index (κ1) is 26.9. The summed E-state index contributed by atoms with van der Waals surface area (Å²) >= 11 is 0. The highest BCUT2D eigenvalue weighted by molar-refractivity contribution is 6.04. The monoisotopic (exact) mass is 515 g/mol. The first-order valence-corrected chi connectivity index (χ1v) is 13.1. The highest BCUT2D eigenvalue weighted by Gasteiger charge is 2.25. The highest BCUT2D eigenvalue weighted by atomic mass is 16.5. The molecule has 1 aliphatic rings. The number of ether oxygens (including phenoxy) is 1. The summed E-state index contributed by atoms with van der Waals surface area (Å²) in [4.78, 5) is 32.6. The Bertz CT molecular complexity index is 1270. The fourth-order valence-electron chi connectivity index (χ4n) is 4.84. The summed E-state index contributed by atoms with van der Waals surface area (Å²) in [5.74, 6) is 0.817. The Morgan fingerprint density at radius 2 is 1.45 bits per heavy atom. The van der Waals surface area contributed by atoms with Crippen LogP contribution in [0.2, 0.25) is 0 Å². The number of anilines is 4. The van der Waals surface area contributed by atoms with Gasteiger partial charge in [0, 0.05) is 56.3 Å². The molecule has 1 saturated heterocycles. The van der Waals surface area contributed by atoms with Crippen LogP contribution in [0, 0.1) is 6.92 Å². The molecule has 1 heterocycles. The Balaban J connectivity index is 1.54. The van der Waals surface area contributed by atoms with Gasteiger partial charge in [-0.15, -0.1) is 0 Å². The summed E-state index contributed by atoms with van der Waals surface area (Å²) < 4.78 is 5.55. The fourth-order valence-corrected chi connectivity index (χ4v) is 4.84. The van der Waals surface area contributed by atoms with Crippen LogP contribution >= 0.6 is 0 Å². The predicted octanol–water partition coefficient (Wildman–Crippen LogP) is 5.46. The molecule has 0 saturated carbocycles. The molecule has 0 spiro atoms. The van der Waals surface area contributed by atoms with Crippen LogP contribution in [0.5, 0.6) is 5.75 Å². The van der Waals surface area contributed by atoms with E-state index in [1.807, 2.05) is 75.4 Å². The first-order chi connectivity index (χ1) is 18.4. The predicted molar refractivity (Wildman–Crippen MR) is 155 cm³/mol. The fraction of sp³-hybridized carbons (Fsp3) is 0.333. The summed E-state index contributed by atoms with van der Waals surface area (Å²) in [6, 6.07) is 20.9. The second-order valence-corrected chi connectivity index (χ2v) is 9.30. The van der Waals surface area contributed by atoms with E-state index in [0.717, 1.165) is 48.9 Å². The molecular weight excluding hydrogens is 478 g/mol. The van der Waals surface area contributed by atoms with Gasteiger partial charge < -0.3 is 30.1 Å². The van der Waals surface area contributed by atoms with E-state index in [1.54, 1.807) is 18.1 Å². The zero-order valence-corrected chi connectivity index (χ0v) is 22.7. The van der Waals surface area contributed by atoms with Crippen molar-refractivity contribution in [1.82, 2.24) is 4.90 Å². The quantitative estimate of drug-likeness (QED) is 0.417. The standard InChI is InChI=1S/C30H37N5O3/c1-5-33(6-2)29(36)25-21-24(32-30(37)31-23-11-9-10-22(3)20-23)14-15-26(25)34-16-18-35(19-17-34)27-12-7-8-13-28(27)38-4/h7-15,20-21H,5-6,16-19H2,1-4H3,(H2,31,32,37). The first-order valence-electron chi connectivity index (χ1n) is 13.1. The van der Waals surface area contributed by atoms with Gasteiger partial charge in [0.2, 0.25) is 0 Å². The van der Waals surface area contributed by atoms with Crippen molar-refractivity contribution in [1.29, 1.82) is 0 Å². The SMILES string of the molecule is CCN(CC)C(=O)c1cc(NC(=O)Nc2cccc(C)c2)ccc1N1CCN(c2ccccc2OC)CC1. The second kappa shape index (κ2) is 12.4. The number of nitrogens with one attached hydrogen (secondary N) is 2. The summed E-state index contributed by atoms with van der Waals surface area (Å²) in [5, 5.41) is 5.75. The van der Waals surface area contributed by atoms with Crippen LogP contribution in [0.4, 0.5) is 27.5 Å². The third kappa shape index (κ3) is 6.19. The zero-order chi connectivity index (χ0) is 27.1. The minimum Gasteiger partial charge on any atom is -0.495 e. The maximum atomic E-state index is 13.6. The van der Waals surface area contributed by atoms with Crippen LogP contribution < -0.4 is 25.2 Å². The summed E-state index contributed by atoms with van der Waals surface area (Å²) in [6.07, 6.45) is 0. The van der Waals surface area contributed by atoms with Crippen LogP contribution in [0.3, 0.4) is 0 Å². The lowest BCUT2D eigenvalue weighted by Crippen LogP contribution is -2.47. The number of urea groups is 1. The van der Waals surface area contributed by atoms with Crippen LogP contribution in [0.1, 0.15) is 29.8 Å². The number of rotatable bonds is 8. The lowest BCUT2D eigenvalue weighted by molar-refractivity contribution is 0.0773. The second-order valence-electron chi connectivity index (χ2n) is 9.30. The van der Waals surface area contributed by atoms with Crippen molar-refractivity contribution in [3.05, 3.63) is 77.9 Å². The number of para-hydroxylation sites is 2. The molecule has 0 atom stereocenters. The summed E-state index contributed by atoms with van der Waals surface area (Å²) in [5.41, 5.74) is 4.89. The van der Waals surface area contributed by atoms with Crippen molar-refractivity contribution in [3.63, 3.8) is 0 Å². The normalized spacial score (nSPS) is 13.2. The maximum Gasteiger partial charge on any atom is 0.323 e. The number of amides is 3. The average molecular weight is 516 g/mol. The zero-order valence-electron chi connectivity index (χ0n) is 22.7. The van der Waals surface area contributed by atoms with Gasteiger partial charge in [-0.05, 0) is 68.8 Å². The van der Waals surface area contributed by atoms with Crippen molar-refractivity contribution in [3.8, 4) is 5.75 Å². The van der Waals surface area contributed by atoms with Crippen molar-refractivity contribution in [2.24, 2.45) is 0 Å². The number of hydrogen-bond acceptors (Lipinski definition) is 5. The lowest BCUT2D eigenvalue weighted by atomic mass is 10.1. The summed E-state index contributed by atoms with van der Waals surface area (Å²) in [6.45, 7) is 10.3. The summed E-state index contributed by atoms with van der Waals surface area (Å²) in [7, 11) is 1.69. The number of carbonyl (C=O) groups excluding carboxylic acids is 2. The van der Waals surface area contributed by atoms with E-state index in [0.29, 0.717) is 30.0 Å². The highest BCUT2D eigenvalue weighted by Crippen LogP contribution is 2.31. The number of nitrogens with zero attached hydrogens (tertiary/aromatic N) is 3. The lowest BCUT2D eigenvalue weighted by Gasteiger charge is -2.38. The smallest absolute Gasteiger partial charge is 0.323 e. The van der Waals surface area contributed by atoms with Gasteiger partial charge >= 0.3 is 6.03 Å². The molecule has 3 aromatic carbocycles. The molecule has 0 radical (unpaired) electrons. The number of benzene rings is 3. The van der Waals surface area contributed by atoms with E-state index in [9.17, 15) is 9.59 Å². The van der Waals surface area contributed by atoms with Gasteiger partial charge in [-0.3, -0.25) is 4.79 Å². The Labute approximate surface area is 225 Å². The number of carbonyl (C=O) groups is 2. The molecule has 3 amide bonds. The Morgan fingerprint density at radius 3 is 2.08 bits per heavy atom. The van der Waals surface area contributed by atoms with E-state index >= 15 is 0 Å². The third-order valence-electron chi connectivity index (χ3n) is 6.86. The van der Waals surface area contributed by atoms with Crippen molar-refractivity contribution in [2.75, 3.05) is 66.8 Å². The number of methoxy groups -OCH3 is 1. The molecule has 38 heavy (non-hydrogen) atoms. The molecule has 0 bridgehead atoms. The van der Waals surface area contributed by atoms with Crippen LogP contribution in [0.25, 0.3) is 0 Å². The van der Waals surface area contributed by atoms with E-state index in [-0.39, 0.29) is 11.9 Å². The maximum absolute atomic E-state index is 13.6. The van der Waals surface area contributed by atoms with Gasteiger partial charge in [-0.1, -0.05) is 24.3 Å². The van der Waals surface area contributed by atoms with Crippen molar-refractivity contribution >= 4 is 34.7 Å². The molecule has 8 heteroatoms. The molecular formula is C30H37N5O3. The van der Waals surface area contributed by atoms with Gasteiger partial charge in [0.05, 0.1) is 18.4 Å². The number of aryl methyl sites for hydroxylation is 1. The molecule has 3 aromatic rings. The van der Waals surface area contributed by atoms with Gasteiger partial charge in [0.1, 0.15) is 5.75 Å². The van der Waals surface area contributed by atoms with Crippen molar-refractivity contribution < 1.29 is 14.3 Å². The van der Waals surface area contributed by atoms with E-state index in [2.05, 4.69) is 26.5 Å². The van der Waals surface area contributed by atoms with Crippen LogP contribution in [-0.4, -0.2) is 63.2 Å². The van der Waals surface area contributed by atoms with Crippen LogP contribution in [0.15, 0.2) is 66.7 Å². The van der Waals surface area contributed by atoms with Gasteiger partial charge in [-0.25, -0.2) is 4.79 Å². The Hall–Kier alpha value is -4.20. The molecule has 1 aliphatic heterocycles. The molecule has 8 nitrogen and oxygen atoms in total. The Morgan fingerprint density at radius 1 is 0.816 bits per heavy atom. The molecule has 2 N–H and O–H groups in total. The molecule has 4 rings (SSSR count). The minimum absolute atomic E-state index is 0.0418. The minimum atomic E-state index is -0.352. The largest absolute Gasteiger partial charge is 0.495 e. The van der Waals surface area contributed by atoms with Crippen molar-refractivity contribution in [2.45, 2.75) is 20.8 Å². The topological polar surface area (TPSA) is 77.2 Å². The third-order valence-corrected chi connectivity index (χ3v) is 6.86. The van der Waals surface area contributed by atoms with Gasteiger partial charge in [0.25, 0.3) is 5.91 Å².